The molecule has 1 aliphatic rings. The lowest BCUT2D eigenvalue weighted by molar-refractivity contribution is -0.115. The Bertz CT molecular complexity index is 923. The number of nitrogens with zero attached hydrogens (tertiary/aromatic N) is 2. The van der Waals surface area contributed by atoms with Crippen molar-refractivity contribution >= 4 is 23.4 Å². The summed E-state index contributed by atoms with van der Waals surface area (Å²) in [5.41, 5.74) is 1.41. The van der Waals surface area contributed by atoms with Gasteiger partial charge in [0.2, 0.25) is 11.1 Å². The van der Waals surface area contributed by atoms with E-state index in [0.717, 1.165) is 24.2 Å². The molecule has 1 aliphatic carbocycles. The second-order valence-electron chi connectivity index (χ2n) is 6.89. The number of thioether (sulfide) groups is 1. The molecule has 1 saturated carbocycles. The first-order valence-electron chi connectivity index (χ1n) is 9.39. The Balaban J connectivity index is 1.53. The van der Waals surface area contributed by atoms with Gasteiger partial charge in [-0.1, -0.05) is 54.9 Å². The predicted octanol–water partition coefficient (Wildman–Crippen LogP) is 5.07. The van der Waals surface area contributed by atoms with Gasteiger partial charge >= 0.3 is 0 Å². The summed E-state index contributed by atoms with van der Waals surface area (Å²) in [5, 5.41) is 10.3. The quantitative estimate of drug-likeness (QED) is 0.571. The second-order valence-corrected chi connectivity index (χ2v) is 7.96. The Morgan fingerprint density at radius 1 is 1.11 bits per heavy atom. The highest BCUT2D eigenvalue weighted by atomic mass is 32.2. The summed E-state index contributed by atoms with van der Waals surface area (Å²) in [4.78, 5) is 17.6. The van der Waals surface area contributed by atoms with Gasteiger partial charge in [0, 0.05) is 11.6 Å². The van der Waals surface area contributed by atoms with Crippen molar-refractivity contribution in [2.24, 2.45) is 0 Å². The summed E-state index contributed by atoms with van der Waals surface area (Å²) in [5.74, 6) is 0.804. The van der Waals surface area contributed by atoms with Gasteiger partial charge in [-0.3, -0.25) is 9.89 Å². The fraction of sp³-hybridized carbons (Fsp3) is 0.286. The van der Waals surface area contributed by atoms with E-state index < -0.39 is 5.25 Å². The first-order valence-corrected chi connectivity index (χ1v) is 10.3. The summed E-state index contributed by atoms with van der Waals surface area (Å²) in [7, 11) is 0. The minimum atomic E-state index is -0.515. The van der Waals surface area contributed by atoms with Gasteiger partial charge in [0.15, 0.2) is 0 Å². The van der Waals surface area contributed by atoms with Crippen LogP contribution in [-0.2, 0) is 4.79 Å². The average Bonchev–Trinajstić information content (AvgIpc) is 3.40. The molecule has 1 atom stereocenters. The molecule has 2 aromatic carbocycles. The Morgan fingerprint density at radius 3 is 2.54 bits per heavy atom. The Morgan fingerprint density at radius 2 is 1.82 bits per heavy atom. The predicted molar refractivity (Wildman–Crippen MR) is 108 cm³/mol. The normalized spacial score (nSPS) is 15.5. The number of rotatable bonds is 6. The summed E-state index contributed by atoms with van der Waals surface area (Å²) < 4.78 is 13.1. The zero-order valence-corrected chi connectivity index (χ0v) is 16.1. The van der Waals surface area contributed by atoms with Gasteiger partial charge in [0.05, 0.1) is 0 Å². The fourth-order valence-electron chi connectivity index (χ4n) is 3.44. The minimum absolute atomic E-state index is 0.199. The summed E-state index contributed by atoms with van der Waals surface area (Å²) in [6, 6.07) is 15.3. The Labute approximate surface area is 167 Å². The molecular formula is C21H21FN4OS. The number of hydrogen-bond acceptors (Lipinski definition) is 4. The van der Waals surface area contributed by atoms with Crippen LogP contribution in [0, 0.1) is 5.82 Å². The Hall–Kier alpha value is -2.67. The average molecular weight is 396 g/mol. The number of hydrogen-bond donors (Lipinski definition) is 2. The van der Waals surface area contributed by atoms with Gasteiger partial charge in [0.1, 0.15) is 16.9 Å². The molecule has 5 nitrogen and oxygen atoms in total. The number of aromatic amines is 1. The van der Waals surface area contributed by atoms with Crippen LogP contribution in [0.15, 0.2) is 59.8 Å². The second kappa shape index (κ2) is 8.56. The molecule has 0 saturated heterocycles. The minimum Gasteiger partial charge on any atom is -0.325 e. The third kappa shape index (κ3) is 4.42. The van der Waals surface area contributed by atoms with E-state index in [0.29, 0.717) is 16.8 Å². The van der Waals surface area contributed by atoms with E-state index in [1.54, 1.807) is 12.1 Å². The van der Waals surface area contributed by atoms with Gasteiger partial charge in [-0.2, -0.15) is 0 Å². The molecule has 0 spiro atoms. The zero-order chi connectivity index (χ0) is 19.3. The highest BCUT2D eigenvalue weighted by Gasteiger charge is 2.26. The molecular weight excluding hydrogens is 375 g/mol. The van der Waals surface area contributed by atoms with Crippen molar-refractivity contribution < 1.29 is 9.18 Å². The fourth-order valence-corrected chi connectivity index (χ4v) is 4.36. The molecule has 1 fully saturated rings. The highest BCUT2D eigenvalue weighted by Crippen LogP contribution is 2.37. The molecule has 144 valence electrons. The van der Waals surface area contributed by atoms with Crippen molar-refractivity contribution in [3.05, 3.63) is 71.8 Å². The number of anilines is 1. The molecule has 2 N–H and O–H groups in total. The van der Waals surface area contributed by atoms with E-state index in [4.69, 9.17) is 0 Å². The lowest BCUT2D eigenvalue weighted by atomic mass is 10.1. The van der Waals surface area contributed by atoms with E-state index in [9.17, 15) is 9.18 Å². The van der Waals surface area contributed by atoms with Crippen LogP contribution in [-0.4, -0.2) is 21.1 Å². The first kappa shape index (κ1) is 18.7. The van der Waals surface area contributed by atoms with E-state index in [1.165, 1.54) is 36.7 Å². The van der Waals surface area contributed by atoms with Crippen LogP contribution in [0.3, 0.4) is 0 Å². The molecule has 0 radical (unpaired) electrons. The van der Waals surface area contributed by atoms with Crippen LogP contribution in [0.2, 0.25) is 0 Å². The number of amides is 1. The molecule has 3 aromatic rings. The van der Waals surface area contributed by atoms with E-state index >= 15 is 0 Å². The third-order valence-electron chi connectivity index (χ3n) is 4.90. The van der Waals surface area contributed by atoms with E-state index in [2.05, 4.69) is 20.5 Å². The van der Waals surface area contributed by atoms with E-state index in [1.807, 2.05) is 30.3 Å². The van der Waals surface area contributed by atoms with Crippen LogP contribution < -0.4 is 5.32 Å². The van der Waals surface area contributed by atoms with Crippen LogP contribution in [0.1, 0.15) is 48.2 Å². The largest absolute Gasteiger partial charge is 0.325 e. The maximum atomic E-state index is 13.1. The molecule has 0 unspecified atom stereocenters. The van der Waals surface area contributed by atoms with Crippen molar-refractivity contribution in [3.63, 3.8) is 0 Å². The van der Waals surface area contributed by atoms with Gasteiger partial charge in [-0.05, 0) is 42.7 Å². The summed E-state index contributed by atoms with van der Waals surface area (Å²) >= 11 is 1.31. The van der Waals surface area contributed by atoms with Crippen LogP contribution in [0.25, 0.3) is 0 Å². The Kier molecular flexibility index (Phi) is 5.71. The summed E-state index contributed by atoms with van der Waals surface area (Å²) in [6.45, 7) is 0. The SMILES string of the molecule is O=C(Nc1ccc(F)cc1)[C@H](Sc1n[nH]c(C2CCCC2)n1)c1ccccc1. The number of carbonyl (C=O) groups is 1. The van der Waals surface area contributed by atoms with Gasteiger partial charge < -0.3 is 5.32 Å². The number of aromatic nitrogens is 3. The lowest BCUT2D eigenvalue weighted by Crippen LogP contribution is -2.19. The highest BCUT2D eigenvalue weighted by molar-refractivity contribution is 8.00. The molecule has 7 heteroatoms. The molecule has 28 heavy (non-hydrogen) atoms. The number of halogens is 1. The molecule has 0 bridgehead atoms. The van der Waals surface area contributed by atoms with Crippen LogP contribution in [0.4, 0.5) is 10.1 Å². The van der Waals surface area contributed by atoms with E-state index in [-0.39, 0.29) is 11.7 Å². The topological polar surface area (TPSA) is 70.7 Å². The molecule has 1 heterocycles. The third-order valence-corrected chi connectivity index (χ3v) is 6.01. The number of H-pyrrole nitrogens is 1. The van der Waals surface area contributed by atoms with Crippen molar-refractivity contribution in [2.75, 3.05) is 5.32 Å². The first-order chi connectivity index (χ1) is 13.7. The van der Waals surface area contributed by atoms with Crippen molar-refractivity contribution in [1.82, 2.24) is 15.2 Å². The maximum absolute atomic E-state index is 13.1. The molecule has 0 aliphatic heterocycles. The summed E-state index contributed by atoms with van der Waals surface area (Å²) in [6.07, 6.45) is 4.71. The van der Waals surface area contributed by atoms with Gasteiger partial charge in [-0.15, -0.1) is 5.10 Å². The molecule has 1 aromatic heterocycles. The number of benzene rings is 2. The molecule has 4 rings (SSSR count). The van der Waals surface area contributed by atoms with Crippen molar-refractivity contribution in [1.29, 1.82) is 0 Å². The standard InChI is InChI=1S/C21H21FN4OS/c22-16-10-12-17(13-11-16)23-20(27)18(14-6-2-1-3-7-14)28-21-24-19(25-26-21)15-8-4-5-9-15/h1-3,6-7,10-13,15,18H,4-5,8-9H2,(H,23,27)(H,24,25,26)/t18-/m1/s1. The maximum Gasteiger partial charge on any atom is 0.242 e. The number of nitrogens with one attached hydrogen (secondary N) is 2. The van der Waals surface area contributed by atoms with Crippen molar-refractivity contribution in [2.45, 2.75) is 42.0 Å². The lowest BCUT2D eigenvalue weighted by Gasteiger charge is -2.15. The number of carbonyl (C=O) groups excluding carboxylic acids is 1. The molecule has 1 amide bonds. The van der Waals surface area contributed by atoms with Crippen molar-refractivity contribution in [3.8, 4) is 0 Å². The van der Waals surface area contributed by atoms with Gasteiger partial charge in [0.25, 0.3) is 0 Å². The monoisotopic (exact) mass is 396 g/mol. The zero-order valence-electron chi connectivity index (χ0n) is 15.3. The van der Waals surface area contributed by atoms with Gasteiger partial charge in [-0.25, -0.2) is 9.37 Å². The van der Waals surface area contributed by atoms with Crippen LogP contribution >= 0.6 is 11.8 Å². The van der Waals surface area contributed by atoms with Crippen LogP contribution in [0.5, 0.6) is 0 Å². The smallest absolute Gasteiger partial charge is 0.242 e.